The van der Waals surface area contributed by atoms with Crippen LogP contribution < -0.4 is 4.74 Å². The molecule has 5 nitrogen and oxygen atoms in total. The molecule has 1 fully saturated rings. The number of carbonyl (C=O) groups excluding carboxylic acids is 1. The molecule has 0 amide bonds. The summed E-state index contributed by atoms with van der Waals surface area (Å²) >= 11 is 0. The van der Waals surface area contributed by atoms with E-state index in [0.29, 0.717) is 19.0 Å². The highest BCUT2D eigenvalue weighted by Crippen LogP contribution is 2.21. The molecule has 1 aliphatic rings. The first kappa shape index (κ1) is 11.2. The van der Waals surface area contributed by atoms with Gasteiger partial charge in [0.25, 0.3) is 0 Å². The maximum absolute atomic E-state index is 11.9. The van der Waals surface area contributed by atoms with Crippen molar-refractivity contribution in [3.63, 3.8) is 0 Å². The maximum Gasteiger partial charge on any atom is 0.314 e. The first-order chi connectivity index (χ1) is 8.83. The second kappa shape index (κ2) is 4.78. The van der Waals surface area contributed by atoms with Gasteiger partial charge >= 0.3 is 5.97 Å². The number of fused-ring (bicyclic) bond motifs is 1. The predicted molar refractivity (Wildman–Crippen MR) is 65.3 cm³/mol. The Kier molecular flexibility index (Phi) is 2.98. The number of ether oxygens (including phenoxy) is 2. The summed E-state index contributed by atoms with van der Waals surface area (Å²) in [6.07, 6.45) is 3.10. The van der Waals surface area contributed by atoms with E-state index in [1.54, 1.807) is 18.5 Å². The third kappa shape index (κ3) is 2.22. The fourth-order valence-electron chi connectivity index (χ4n) is 2.11. The van der Waals surface area contributed by atoms with Gasteiger partial charge in [0.15, 0.2) is 0 Å². The molecule has 0 unspecified atom stereocenters. The zero-order valence-electron chi connectivity index (χ0n) is 9.89. The molecule has 0 atom stereocenters. The van der Waals surface area contributed by atoms with Gasteiger partial charge in [-0.3, -0.25) is 4.79 Å². The van der Waals surface area contributed by atoms with Gasteiger partial charge in [0.2, 0.25) is 0 Å². The molecule has 18 heavy (non-hydrogen) atoms. The molecule has 94 valence electrons. The largest absolute Gasteiger partial charge is 0.426 e. The molecule has 3 rings (SSSR count). The molecule has 5 heteroatoms. The number of benzene rings is 1. The minimum Gasteiger partial charge on any atom is -0.426 e. The van der Waals surface area contributed by atoms with Crippen LogP contribution in [0.3, 0.4) is 0 Å². The third-order valence-electron chi connectivity index (χ3n) is 3.16. The van der Waals surface area contributed by atoms with E-state index < -0.39 is 0 Å². The Morgan fingerprint density at radius 3 is 3.06 bits per heavy atom. The molecule has 0 spiro atoms. The molecule has 2 heterocycles. The Balaban J connectivity index is 1.72. The average molecular weight is 246 g/mol. The van der Waals surface area contributed by atoms with Crippen LogP contribution in [0.2, 0.25) is 0 Å². The number of rotatable bonds is 2. The van der Waals surface area contributed by atoms with Crippen LogP contribution in [0, 0.1) is 5.92 Å². The van der Waals surface area contributed by atoms with Crippen LogP contribution in [0.4, 0.5) is 0 Å². The summed E-state index contributed by atoms with van der Waals surface area (Å²) in [5.41, 5.74) is 1.73. The highest BCUT2D eigenvalue weighted by Gasteiger charge is 2.23. The molecule has 1 aromatic heterocycles. The number of aromatic amines is 1. The molecule has 0 radical (unpaired) electrons. The number of nitrogens with zero attached hydrogens (tertiary/aromatic N) is 1. The van der Waals surface area contributed by atoms with Crippen molar-refractivity contribution < 1.29 is 14.3 Å². The van der Waals surface area contributed by atoms with Gasteiger partial charge in [0.1, 0.15) is 5.75 Å². The quantitative estimate of drug-likeness (QED) is 0.649. The molecular weight excluding hydrogens is 232 g/mol. The van der Waals surface area contributed by atoms with Crippen LogP contribution in [0.1, 0.15) is 12.8 Å². The number of imidazole rings is 1. The lowest BCUT2D eigenvalue weighted by atomic mass is 10.0. The van der Waals surface area contributed by atoms with Crippen LogP contribution in [-0.4, -0.2) is 29.2 Å². The Bertz CT molecular complexity index is 558. The van der Waals surface area contributed by atoms with Crippen molar-refractivity contribution in [2.24, 2.45) is 5.92 Å². The SMILES string of the molecule is O=C(Oc1ccc2nc[nH]c2c1)C1CCOCC1. The Morgan fingerprint density at radius 1 is 1.39 bits per heavy atom. The summed E-state index contributed by atoms with van der Waals surface area (Å²) in [6.45, 7) is 1.28. The first-order valence-corrected chi connectivity index (χ1v) is 6.05. The Morgan fingerprint density at radius 2 is 2.22 bits per heavy atom. The van der Waals surface area contributed by atoms with Crippen molar-refractivity contribution in [3.8, 4) is 5.75 Å². The summed E-state index contributed by atoms with van der Waals surface area (Å²) in [6, 6.07) is 5.39. The number of carbonyl (C=O) groups is 1. The van der Waals surface area contributed by atoms with Gasteiger partial charge < -0.3 is 14.5 Å². The molecular formula is C13H14N2O3. The minimum absolute atomic E-state index is 0.0452. The Labute approximate surface area is 104 Å². The van der Waals surface area contributed by atoms with Gasteiger partial charge in [0.05, 0.1) is 23.3 Å². The van der Waals surface area contributed by atoms with Gasteiger partial charge in [-0.1, -0.05) is 0 Å². The second-order valence-electron chi connectivity index (χ2n) is 4.39. The second-order valence-corrected chi connectivity index (χ2v) is 4.39. The van der Waals surface area contributed by atoms with Crippen molar-refractivity contribution in [1.82, 2.24) is 9.97 Å². The van der Waals surface area contributed by atoms with E-state index in [1.807, 2.05) is 6.07 Å². The van der Waals surface area contributed by atoms with Gasteiger partial charge in [-0.15, -0.1) is 0 Å². The number of H-pyrrole nitrogens is 1. The van der Waals surface area contributed by atoms with E-state index in [-0.39, 0.29) is 11.9 Å². The van der Waals surface area contributed by atoms with Crippen LogP contribution in [-0.2, 0) is 9.53 Å². The lowest BCUT2D eigenvalue weighted by Crippen LogP contribution is -2.27. The molecule has 0 bridgehead atoms. The van der Waals surface area contributed by atoms with E-state index >= 15 is 0 Å². The summed E-state index contributed by atoms with van der Waals surface area (Å²) < 4.78 is 10.6. The maximum atomic E-state index is 11.9. The van der Waals surface area contributed by atoms with E-state index in [9.17, 15) is 4.79 Å². The van der Waals surface area contributed by atoms with Crippen molar-refractivity contribution in [2.75, 3.05) is 13.2 Å². The smallest absolute Gasteiger partial charge is 0.314 e. The lowest BCUT2D eigenvalue weighted by Gasteiger charge is -2.20. The highest BCUT2D eigenvalue weighted by molar-refractivity contribution is 5.79. The number of esters is 1. The third-order valence-corrected chi connectivity index (χ3v) is 3.16. The summed E-state index contributed by atoms with van der Waals surface area (Å²) in [5.74, 6) is 0.344. The van der Waals surface area contributed by atoms with E-state index in [1.165, 1.54) is 0 Å². The number of hydrogen-bond acceptors (Lipinski definition) is 4. The fraction of sp³-hybridized carbons (Fsp3) is 0.385. The molecule has 1 N–H and O–H groups in total. The average Bonchev–Trinajstić information content (AvgIpc) is 2.87. The first-order valence-electron chi connectivity index (χ1n) is 6.05. The number of aromatic nitrogens is 2. The number of nitrogens with one attached hydrogen (secondary N) is 1. The zero-order valence-corrected chi connectivity index (χ0v) is 9.89. The molecule has 1 aliphatic heterocycles. The fourth-order valence-corrected chi connectivity index (χ4v) is 2.11. The van der Waals surface area contributed by atoms with E-state index in [4.69, 9.17) is 9.47 Å². The molecule has 2 aromatic rings. The van der Waals surface area contributed by atoms with Crippen LogP contribution in [0.15, 0.2) is 24.5 Å². The van der Waals surface area contributed by atoms with Crippen molar-refractivity contribution in [2.45, 2.75) is 12.8 Å². The molecule has 1 saturated heterocycles. The van der Waals surface area contributed by atoms with Gasteiger partial charge in [0, 0.05) is 19.3 Å². The molecule has 0 aliphatic carbocycles. The van der Waals surface area contributed by atoms with Gasteiger partial charge in [-0.25, -0.2) is 4.98 Å². The highest BCUT2D eigenvalue weighted by atomic mass is 16.5. The monoisotopic (exact) mass is 246 g/mol. The van der Waals surface area contributed by atoms with E-state index in [2.05, 4.69) is 9.97 Å². The van der Waals surface area contributed by atoms with Crippen LogP contribution in [0.25, 0.3) is 11.0 Å². The normalized spacial score (nSPS) is 16.9. The van der Waals surface area contributed by atoms with Crippen molar-refractivity contribution in [3.05, 3.63) is 24.5 Å². The van der Waals surface area contributed by atoms with Crippen LogP contribution in [0.5, 0.6) is 5.75 Å². The zero-order chi connectivity index (χ0) is 12.4. The van der Waals surface area contributed by atoms with E-state index in [0.717, 1.165) is 23.9 Å². The summed E-state index contributed by atoms with van der Waals surface area (Å²) in [7, 11) is 0. The summed E-state index contributed by atoms with van der Waals surface area (Å²) in [5, 5.41) is 0. The van der Waals surface area contributed by atoms with Crippen molar-refractivity contribution >= 4 is 17.0 Å². The topological polar surface area (TPSA) is 64.2 Å². The molecule has 0 saturated carbocycles. The lowest BCUT2D eigenvalue weighted by molar-refractivity contribution is -0.141. The standard InChI is InChI=1S/C13H14N2O3/c16-13(9-3-5-17-6-4-9)18-10-1-2-11-12(7-10)15-8-14-11/h1-2,7-9H,3-6H2,(H,14,15). The van der Waals surface area contributed by atoms with Crippen LogP contribution >= 0.6 is 0 Å². The van der Waals surface area contributed by atoms with Gasteiger partial charge in [-0.05, 0) is 25.0 Å². The van der Waals surface area contributed by atoms with Gasteiger partial charge in [-0.2, -0.15) is 0 Å². The Hall–Kier alpha value is -1.88. The minimum atomic E-state index is -0.169. The summed E-state index contributed by atoms with van der Waals surface area (Å²) in [4.78, 5) is 19.0. The number of hydrogen-bond donors (Lipinski definition) is 1. The van der Waals surface area contributed by atoms with Crippen molar-refractivity contribution in [1.29, 1.82) is 0 Å². The predicted octanol–water partition coefficient (Wildman–Crippen LogP) is 1.89. The molecule has 1 aromatic carbocycles.